The Morgan fingerprint density at radius 2 is 0.851 bits per heavy atom. The van der Waals surface area contributed by atoms with Gasteiger partial charge in [-0.15, -0.1) is 0 Å². The minimum absolute atomic E-state index is 0.0413. The zero-order chi connectivity index (χ0) is 47.9. The number of anilines is 1. The maximum atomic E-state index is 10.9. The van der Waals surface area contributed by atoms with Crippen LogP contribution >= 0.6 is 0 Å². The Morgan fingerprint density at radius 3 is 1.36 bits per heavy atom. The minimum atomic E-state index is -0.650. The van der Waals surface area contributed by atoms with E-state index in [4.69, 9.17) is 5.73 Å². The molecule has 0 spiro atoms. The summed E-state index contributed by atoms with van der Waals surface area (Å²) in [7, 11) is 0. The van der Waals surface area contributed by atoms with Crippen LogP contribution in [0.3, 0.4) is 0 Å². The Labute approximate surface area is 361 Å². The van der Waals surface area contributed by atoms with Crippen LogP contribution in [0, 0.1) is 0 Å². The number of hydrogen-bond donors (Lipinski definition) is 14. The Bertz CT molecular complexity index is 3810. The average molecular weight is 919 g/mol. The predicted octanol–water partition coefficient (Wildman–Crippen LogP) is -3.09. The number of imidazole rings is 4. The average Bonchev–Trinajstić information content (AvgIpc) is 4.16. The Hall–Kier alpha value is -10.9. The molecular weight excluding hydrogens is 893 g/mol. The molecule has 12 rings (SSSR count). The number of imide groups is 1. The van der Waals surface area contributed by atoms with Crippen LogP contribution < -0.4 is 56.2 Å². The number of nitrogens with one attached hydrogen (secondary N) is 13. The molecule has 0 radical (unpaired) electrons. The molecule has 31 heteroatoms. The van der Waals surface area contributed by atoms with Gasteiger partial charge >= 0.3 is 40.4 Å². The van der Waals surface area contributed by atoms with Gasteiger partial charge in [-0.25, -0.2) is 48.5 Å². The highest BCUT2D eigenvalue weighted by atomic mass is 16.6. The quantitative estimate of drug-likeness (QED) is 0.0407. The molecule has 338 valence electrons. The van der Waals surface area contributed by atoms with Crippen molar-refractivity contribution in [1.82, 2.24) is 85.1 Å². The number of carbonyl (C=O) groups is 4. The van der Waals surface area contributed by atoms with Gasteiger partial charge in [0.15, 0.2) is 16.9 Å². The second kappa shape index (κ2) is 18.6. The molecule has 0 atom stereocenters. The summed E-state index contributed by atoms with van der Waals surface area (Å²) in [4.78, 5) is 172. The molecule has 2 aromatic carbocycles. The fraction of sp³-hybridized carbons (Fsp3) is 0. The number of esters is 2. The van der Waals surface area contributed by atoms with Crippen molar-refractivity contribution in [2.75, 3.05) is 5.73 Å². The monoisotopic (exact) mass is 918 g/mol. The highest BCUT2D eigenvalue weighted by molar-refractivity contribution is 6.21. The van der Waals surface area contributed by atoms with Crippen LogP contribution in [0.4, 0.5) is 5.82 Å². The summed E-state index contributed by atoms with van der Waals surface area (Å²) >= 11 is 0. The third-order valence-corrected chi connectivity index (χ3v) is 8.60. The summed E-state index contributed by atoms with van der Waals surface area (Å²) in [6, 6.07) is 13.3. The molecule has 15 N–H and O–H groups in total. The topological polar surface area (TPSA) is 493 Å². The molecule has 8 aromatic heterocycles. The van der Waals surface area contributed by atoms with Crippen LogP contribution in [0.1, 0.15) is 41.4 Å². The molecule has 10 aromatic rings. The van der Waals surface area contributed by atoms with Gasteiger partial charge in [0.05, 0.1) is 41.2 Å². The van der Waals surface area contributed by atoms with Crippen LogP contribution in [0.15, 0.2) is 106 Å². The van der Waals surface area contributed by atoms with E-state index in [1.54, 1.807) is 48.5 Å². The lowest BCUT2D eigenvalue weighted by atomic mass is 10.1. The number of cyclic esters (lactones) is 2. The van der Waals surface area contributed by atoms with E-state index in [1.165, 1.54) is 19.0 Å². The van der Waals surface area contributed by atoms with Crippen molar-refractivity contribution >= 4 is 74.2 Å². The fourth-order valence-electron chi connectivity index (χ4n) is 5.71. The SMILES string of the molecule is Nc1[nH]c(=O)nc2nc[nH]c12.O=C1NC(=O)c2ccccc21.O=C1OC(=O)c2ccccc21.O=c1[nH]c(=O)c2[nH]c(=O)[nH]c2[nH]1.O=c1[nH]c(=O)c2[nH]cnc2[nH]1.O=c1[nH]c(=O)c2[nH]cnc2[nH]1. The molecule has 0 bridgehead atoms. The minimum Gasteiger partial charge on any atom is -0.386 e. The number of amides is 2. The number of nitrogens with zero attached hydrogens (tertiary/aromatic N) is 4. The molecular formula is C36H26N18O13. The molecule has 67 heavy (non-hydrogen) atoms. The van der Waals surface area contributed by atoms with E-state index in [0.29, 0.717) is 33.4 Å². The lowest BCUT2D eigenvalue weighted by molar-refractivity contribution is 0.0443. The molecule has 0 saturated heterocycles. The van der Waals surface area contributed by atoms with Gasteiger partial charge < -0.3 is 25.4 Å². The lowest BCUT2D eigenvalue weighted by Gasteiger charge is -1.90. The van der Waals surface area contributed by atoms with Crippen LogP contribution in [0.25, 0.3) is 44.7 Å². The number of rotatable bonds is 0. The molecule has 0 unspecified atom stereocenters. The van der Waals surface area contributed by atoms with Gasteiger partial charge in [0.25, 0.3) is 28.5 Å². The first-order valence-electron chi connectivity index (χ1n) is 18.3. The number of ether oxygens (including phenoxy) is 1. The number of benzene rings is 2. The molecule has 2 aliphatic heterocycles. The standard InChI is InChI=1S/C8H5NO2.C8H4O3.C5H5N5O.C5H4N4O3.2C5H4N4O2/c10-7-5-3-1-2-4-6(5)8(11)9-7;9-7-5-3-1-2-4-6(5)8(10)11-7;6-3-2-4(8-1-7-2)10-5(11)9-3;10-3-1-2(7-4(11)6-1)8-5(12)9-3;2*10-4-2-3(7-1-6-2)8-5(11)9-4/h1-4H,(H,9,10,11);1-4H;1H,(H4,6,7,8,9,10,11);(H4,6,7,8,9,10,11,12);2*1H,(H3,6,7,8,9,10,11). The second-order valence-corrected chi connectivity index (χ2v) is 12.9. The zero-order valence-electron chi connectivity index (χ0n) is 33.0. The first kappa shape index (κ1) is 44.2. The maximum absolute atomic E-state index is 10.9. The Balaban J connectivity index is 0.000000119. The largest absolute Gasteiger partial charge is 0.386 e. The van der Waals surface area contributed by atoms with Crippen molar-refractivity contribution in [2.24, 2.45) is 0 Å². The lowest BCUT2D eigenvalue weighted by Crippen LogP contribution is -2.21. The van der Waals surface area contributed by atoms with Crippen LogP contribution in [-0.4, -0.2) is 103 Å². The van der Waals surface area contributed by atoms with Gasteiger partial charge in [0.1, 0.15) is 33.5 Å². The van der Waals surface area contributed by atoms with E-state index in [-0.39, 0.29) is 51.1 Å². The summed E-state index contributed by atoms with van der Waals surface area (Å²) < 4.78 is 4.35. The second-order valence-electron chi connectivity index (χ2n) is 12.9. The van der Waals surface area contributed by atoms with Gasteiger partial charge in [0.2, 0.25) is 0 Å². The number of nitrogens with two attached hydrogens (primary N) is 1. The van der Waals surface area contributed by atoms with Crippen molar-refractivity contribution < 1.29 is 23.9 Å². The van der Waals surface area contributed by atoms with Crippen molar-refractivity contribution in [3.8, 4) is 0 Å². The summed E-state index contributed by atoms with van der Waals surface area (Å²) in [5, 5.41) is 2.20. The Kier molecular flexibility index (Phi) is 12.3. The smallest absolute Gasteiger partial charge is 0.348 e. The summed E-state index contributed by atoms with van der Waals surface area (Å²) in [5.41, 5.74) is 4.96. The predicted molar refractivity (Wildman–Crippen MR) is 228 cm³/mol. The van der Waals surface area contributed by atoms with Gasteiger partial charge in [-0.05, 0) is 24.3 Å². The molecule has 10 heterocycles. The van der Waals surface area contributed by atoms with Crippen LogP contribution in [-0.2, 0) is 4.74 Å². The highest BCUT2D eigenvalue weighted by Gasteiger charge is 2.28. The number of nitrogen functional groups attached to an aromatic ring is 1. The summed E-state index contributed by atoms with van der Waals surface area (Å²) in [6.45, 7) is 0. The van der Waals surface area contributed by atoms with Crippen molar-refractivity contribution in [1.29, 1.82) is 0 Å². The number of H-pyrrole nitrogens is 12. The normalized spacial score (nSPS) is 11.9. The molecule has 2 amide bonds. The fourth-order valence-corrected chi connectivity index (χ4v) is 5.71. The van der Waals surface area contributed by atoms with Crippen molar-refractivity contribution in [2.45, 2.75) is 0 Å². The third kappa shape index (κ3) is 9.94. The van der Waals surface area contributed by atoms with E-state index < -0.39 is 57.1 Å². The highest BCUT2D eigenvalue weighted by Crippen LogP contribution is 2.18. The first-order valence-corrected chi connectivity index (χ1v) is 18.3. The van der Waals surface area contributed by atoms with Gasteiger partial charge in [-0.1, -0.05) is 24.3 Å². The van der Waals surface area contributed by atoms with E-state index >= 15 is 0 Å². The molecule has 0 aliphatic carbocycles. The molecule has 0 saturated carbocycles. The van der Waals surface area contributed by atoms with Crippen LogP contribution in [0.5, 0.6) is 0 Å². The van der Waals surface area contributed by atoms with E-state index in [2.05, 4.69) is 84.8 Å². The molecule has 31 nitrogen and oxygen atoms in total. The van der Waals surface area contributed by atoms with E-state index in [0.717, 1.165) is 0 Å². The number of aromatic nitrogens is 16. The van der Waals surface area contributed by atoms with E-state index in [9.17, 15) is 57.5 Å². The summed E-state index contributed by atoms with van der Waals surface area (Å²) in [5.74, 6) is -1.44. The summed E-state index contributed by atoms with van der Waals surface area (Å²) in [6.07, 6.45) is 4.12. The number of carbonyl (C=O) groups excluding carboxylic acids is 4. The van der Waals surface area contributed by atoms with Crippen molar-refractivity contribution in [3.63, 3.8) is 0 Å². The van der Waals surface area contributed by atoms with Gasteiger partial charge in [-0.3, -0.25) is 74.1 Å². The number of aromatic amines is 12. The van der Waals surface area contributed by atoms with Gasteiger partial charge in [-0.2, -0.15) is 4.98 Å². The molecule has 2 aliphatic rings. The Morgan fingerprint density at radius 1 is 0.433 bits per heavy atom. The van der Waals surface area contributed by atoms with E-state index in [1.807, 2.05) is 4.98 Å². The molecule has 0 fully saturated rings. The maximum Gasteiger partial charge on any atom is 0.348 e. The zero-order valence-corrected chi connectivity index (χ0v) is 33.0. The third-order valence-electron chi connectivity index (χ3n) is 8.60. The van der Waals surface area contributed by atoms with Crippen LogP contribution in [0.2, 0.25) is 0 Å². The van der Waals surface area contributed by atoms with Gasteiger partial charge in [0, 0.05) is 0 Å². The van der Waals surface area contributed by atoms with Crippen molar-refractivity contribution in [3.05, 3.63) is 173 Å². The number of hydrogen-bond acceptors (Lipinski definition) is 18. The number of fused-ring (bicyclic) bond motifs is 6. The first-order chi connectivity index (χ1) is 32.1.